The number of aromatic nitrogens is 2. The molecule has 1 atom stereocenters. The van der Waals surface area contributed by atoms with Crippen LogP contribution in [-0.4, -0.2) is 66.3 Å². The molecule has 1 unspecified atom stereocenters. The summed E-state index contributed by atoms with van der Waals surface area (Å²) in [7, 11) is 0. The first-order valence-corrected chi connectivity index (χ1v) is 9.44. The second-order valence-corrected chi connectivity index (χ2v) is 6.81. The number of hydrogen-bond acceptors (Lipinski definition) is 6. The first kappa shape index (κ1) is 17.7. The van der Waals surface area contributed by atoms with Gasteiger partial charge in [0.15, 0.2) is 0 Å². The third-order valence-electron chi connectivity index (χ3n) is 5.00. The molecule has 0 saturated carbocycles. The summed E-state index contributed by atoms with van der Waals surface area (Å²) < 4.78 is 11.3. The molecule has 27 heavy (non-hydrogen) atoms. The van der Waals surface area contributed by atoms with Crippen LogP contribution in [0.25, 0.3) is 0 Å². The fourth-order valence-electron chi connectivity index (χ4n) is 3.43. The van der Waals surface area contributed by atoms with Crippen molar-refractivity contribution in [1.82, 2.24) is 14.9 Å². The van der Waals surface area contributed by atoms with E-state index in [1.165, 1.54) is 0 Å². The van der Waals surface area contributed by atoms with Crippen LogP contribution in [0.1, 0.15) is 23.2 Å². The number of amides is 1. The molecule has 0 bridgehead atoms. The number of carbonyl (C=O) groups excluding carboxylic acids is 1. The second-order valence-electron chi connectivity index (χ2n) is 6.81. The van der Waals surface area contributed by atoms with Gasteiger partial charge in [-0.2, -0.15) is 0 Å². The van der Waals surface area contributed by atoms with Crippen molar-refractivity contribution < 1.29 is 14.3 Å². The number of anilines is 1. The van der Waals surface area contributed by atoms with Crippen molar-refractivity contribution in [3.05, 3.63) is 48.4 Å². The highest BCUT2D eigenvalue weighted by atomic mass is 16.5. The molecule has 7 nitrogen and oxygen atoms in total. The van der Waals surface area contributed by atoms with Crippen molar-refractivity contribution in [3.63, 3.8) is 0 Å². The molecule has 0 spiro atoms. The number of ether oxygens (including phenoxy) is 2. The lowest BCUT2D eigenvalue weighted by Crippen LogP contribution is -2.49. The summed E-state index contributed by atoms with van der Waals surface area (Å²) >= 11 is 0. The molecule has 2 fully saturated rings. The molecule has 2 aliphatic rings. The standard InChI is InChI=1S/C20H24N4O3/c25-20(24-11-9-23(10-12-24)19-14-21-7-8-22-19)16-3-5-17(6-4-16)27-15-18-2-1-13-26-18/h3-8,14,18H,1-2,9-13,15H2. The zero-order chi connectivity index (χ0) is 18.5. The average molecular weight is 368 g/mol. The Morgan fingerprint density at radius 2 is 1.96 bits per heavy atom. The Labute approximate surface area is 158 Å². The van der Waals surface area contributed by atoms with E-state index < -0.39 is 0 Å². The molecule has 142 valence electrons. The van der Waals surface area contributed by atoms with Crippen LogP contribution in [0.5, 0.6) is 5.75 Å². The smallest absolute Gasteiger partial charge is 0.253 e. The quantitative estimate of drug-likeness (QED) is 0.804. The molecular formula is C20H24N4O3. The van der Waals surface area contributed by atoms with E-state index in [9.17, 15) is 4.79 Å². The highest BCUT2D eigenvalue weighted by Gasteiger charge is 2.23. The van der Waals surface area contributed by atoms with Crippen LogP contribution >= 0.6 is 0 Å². The highest BCUT2D eigenvalue weighted by molar-refractivity contribution is 5.94. The molecule has 0 aliphatic carbocycles. The number of hydrogen-bond donors (Lipinski definition) is 0. The molecule has 4 rings (SSSR count). The Balaban J connectivity index is 1.29. The topological polar surface area (TPSA) is 67.8 Å². The summed E-state index contributed by atoms with van der Waals surface area (Å²) in [4.78, 5) is 25.2. The van der Waals surface area contributed by atoms with Gasteiger partial charge in [0.05, 0.1) is 12.3 Å². The van der Waals surface area contributed by atoms with Gasteiger partial charge in [-0.15, -0.1) is 0 Å². The first-order valence-electron chi connectivity index (χ1n) is 9.44. The Hall–Kier alpha value is -2.67. The van der Waals surface area contributed by atoms with Gasteiger partial charge in [-0.05, 0) is 37.1 Å². The third-order valence-corrected chi connectivity index (χ3v) is 5.00. The monoisotopic (exact) mass is 368 g/mol. The van der Waals surface area contributed by atoms with E-state index in [1.807, 2.05) is 29.2 Å². The summed E-state index contributed by atoms with van der Waals surface area (Å²) in [6.07, 6.45) is 7.46. The number of rotatable bonds is 5. The van der Waals surface area contributed by atoms with Crippen LogP contribution in [-0.2, 0) is 4.74 Å². The second kappa shape index (κ2) is 8.35. The highest BCUT2D eigenvalue weighted by Crippen LogP contribution is 2.18. The summed E-state index contributed by atoms with van der Waals surface area (Å²) in [5.41, 5.74) is 0.687. The van der Waals surface area contributed by atoms with E-state index in [0.717, 1.165) is 44.1 Å². The van der Waals surface area contributed by atoms with Crippen molar-refractivity contribution in [2.75, 3.05) is 44.3 Å². The minimum atomic E-state index is 0.0551. The zero-order valence-electron chi connectivity index (χ0n) is 15.3. The van der Waals surface area contributed by atoms with E-state index >= 15 is 0 Å². The van der Waals surface area contributed by atoms with Gasteiger partial charge in [-0.1, -0.05) is 0 Å². The van der Waals surface area contributed by atoms with Crippen molar-refractivity contribution in [3.8, 4) is 5.75 Å². The van der Waals surface area contributed by atoms with Crippen LogP contribution in [0.4, 0.5) is 5.82 Å². The largest absolute Gasteiger partial charge is 0.491 e. The summed E-state index contributed by atoms with van der Waals surface area (Å²) in [6.45, 7) is 4.25. The molecule has 1 aromatic heterocycles. The van der Waals surface area contributed by atoms with Crippen molar-refractivity contribution in [1.29, 1.82) is 0 Å². The van der Waals surface area contributed by atoms with E-state index in [-0.39, 0.29) is 12.0 Å². The van der Waals surface area contributed by atoms with Crippen LogP contribution in [0.2, 0.25) is 0 Å². The summed E-state index contributed by atoms with van der Waals surface area (Å²) in [5, 5.41) is 0. The fraction of sp³-hybridized carbons (Fsp3) is 0.450. The van der Waals surface area contributed by atoms with E-state index in [4.69, 9.17) is 9.47 Å². The van der Waals surface area contributed by atoms with Gasteiger partial charge < -0.3 is 19.3 Å². The van der Waals surface area contributed by atoms with Crippen molar-refractivity contribution in [2.24, 2.45) is 0 Å². The number of nitrogens with zero attached hydrogens (tertiary/aromatic N) is 4. The minimum Gasteiger partial charge on any atom is -0.491 e. The third kappa shape index (κ3) is 4.36. The van der Waals surface area contributed by atoms with Gasteiger partial charge in [0.2, 0.25) is 0 Å². The lowest BCUT2D eigenvalue weighted by molar-refractivity contribution is 0.0678. The van der Waals surface area contributed by atoms with Crippen LogP contribution in [0.3, 0.4) is 0 Å². The predicted octanol–water partition coefficient (Wildman–Crippen LogP) is 2.00. The normalized spacial score (nSPS) is 19.9. The van der Waals surface area contributed by atoms with E-state index in [0.29, 0.717) is 25.3 Å². The predicted molar refractivity (Wildman–Crippen MR) is 101 cm³/mol. The molecule has 0 radical (unpaired) electrons. The SMILES string of the molecule is O=C(c1ccc(OCC2CCCO2)cc1)N1CCN(c2cnccn2)CC1. The summed E-state index contributed by atoms with van der Waals surface area (Å²) in [6, 6.07) is 7.39. The van der Waals surface area contributed by atoms with Gasteiger partial charge in [-0.3, -0.25) is 9.78 Å². The van der Waals surface area contributed by atoms with E-state index in [1.54, 1.807) is 18.6 Å². The maximum atomic E-state index is 12.7. The number of carbonyl (C=O) groups is 1. The molecule has 2 saturated heterocycles. The molecule has 7 heteroatoms. The summed E-state index contributed by atoms with van der Waals surface area (Å²) in [5.74, 6) is 1.69. The molecule has 3 heterocycles. The lowest BCUT2D eigenvalue weighted by atomic mass is 10.1. The van der Waals surface area contributed by atoms with Crippen molar-refractivity contribution in [2.45, 2.75) is 18.9 Å². The maximum absolute atomic E-state index is 12.7. The molecule has 0 N–H and O–H groups in total. The minimum absolute atomic E-state index is 0.0551. The Bertz CT molecular complexity index is 740. The van der Waals surface area contributed by atoms with Crippen LogP contribution in [0.15, 0.2) is 42.9 Å². The van der Waals surface area contributed by atoms with Crippen molar-refractivity contribution >= 4 is 11.7 Å². The average Bonchev–Trinajstić information content (AvgIpc) is 3.27. The first-order chi connectivity index (χ1) is 13.3. The van der Waals surface area contributed by atoms with Gasteiger partial charge in [0, 0.05) is 50.7 Å². The Kier molecular flexibility index (Phi) is 5.48. The van der Waals surface area contributed by atoms with Gasteiger partial charge in [0.25, 0.3) is 5.91 Å². The zero-order valence-corrected chi connectivity index (χ0v) is 15.3. The van der Waals surface area contributed by atoms with E-state index in [2.05, 4.69) is 14.9 Å². The molecular weight excluding hydrogens is 344 g/mol. The maximum Gasteiger partial charge on any atom is 0.253 e. The fourth-order valence-corrected chi connectivity index (χ4v) is 3.43. The van der Waals surface area contributed by atoms with Gasteiger partial charge in [0.1, 0.15) is 18.2 Å². The number of benzene rings is 1. The Morgan fingerprint density at radius 1 is 1.15 bits per heavy atom. The van der Waals surface area contributed by atoms with Gasteiger partial charge in [-0.25, -0.2) is 4.98 Å². The molecule has 2 aromatic rings. The molecule has 1 amide bonds. The number of piperazine rings is 1. The molecule has 2 aliphatic heterocycles. The van der Waals surface area contributed by atoms with Gasteiger partial charge >= 0.3 is 0 Å². The lowest BCUT2D eigenvalue weighted by Gasteiger charge is -2.35. The molecule has 1 aromatic carbocycles. The Morgan fingerprint density at radius 3 is 2.63 bits per heavy atom. The van der Waals surface area contributed by atoms with Crippen LogP contribution < -0.4 is 9.64 Å². The van der Waals surface area contributed by atoms with Crippen LogP contribution in [0, 0.1) is 0 Å².